The van der Waals surface area contributed by atoms with Gasteiger partial charge in [-0.05, 0) is 43.1 Å². The fourth-order valence-electron chi connectivity index (χ4n) is 2.61. The minimum Gasteiger partial charge on any atom is -0.478 e. The maximum atomic E-state index is 13.2. The summed E-state index contributed by atoms with van der Waals surface area (Å²) in [6.45, 7) is 0.271. The second kappa shape index (κ2) is 6.01. The van der Waals surface area contributed by atoms with Gasteiger partial charge in [-0.15, -0.1) is 0 Å². The highest BCUT2D eigenvalue weighted by atomic mass is 19.4. The van der Waals surface area contributed by atoms with Crippen molar-refractivity contribution in [3.05, 3.63) is 35.1 Å². The van der Waals surface area contributed by atoms with Crippen molar-refractivity contribution in [2.24, 2.45) is 5.92 Å². The number of carbonyl (C=O) groups is 1. The van der Waals surface area contributed by atoms with Crippen molar-refractivity contribution in [1.82, 2.24) is 4.90 Å². The molecule has 3 nitrogen and oxygen atoms in total. The Morgan fingerprint density at radius 2 is 2.10 bits per heavy atom. The lowest BCUT2D eigenvalue weighted by Crippen LogP contribution is -2.41. The van der Waals surface area contributed by atoms with Gasteiger partial charge in [0.05, 0.1) is 11.5 Å². The molecule has 1 fully saturated rings. The molecule has 0 amide bonds. The van der Waals surface area contributed by atoms with Crippen molar-refractivity contribution in [3.8, 4) is 0 Å². The molecule has 1 aromatic carbocycles. The summed E-state index contributed by atoms with van der Waals surface area (Å²) in [5.41, 5.74) is 0.121. The van der Waals surface area contributed by atoms with Gasteiger partial charge in [0.2, 0.25) is 0 Å². The molecule has 1 atom stereocenters. The summed E-state index contributed by atoms with van der Waals surface area (Å²) in [6.07, 6.45) is -3.78. The van der Waals surface area contributed by atoms with Crippen molar-refractivity contribution in [2.45, 2.75) is 25.6 Å². The maximum absolute atomic E-state index is 13.2. The Bertz CT molecular complexity index is 530. The van der Waals surface area contributed by atoms with Crippen LogP contribution < -0.4 is 0 Å². The molecule has 0 aliphatic carbocycles. The van der Waals surface area contributed by atoms with E-state index >= 15 is 0 Å². The molecule has 0 spiro atoms. The molecule has 1 heterocycles. The number of piperidine rings is 1. The minimum atomic E-state index is -4.25. The summed E-state index contributed by atoms with van der Waals surface area (Å²) in [6, 6.07) is 3.24. The van der Waals surface area contributed by atoms with Crippen molar-refractivity contribution >= 4 is 5.97 Å². The van der Waals surface area contributed by atoms with E-state index in [4.69, 9.17) is 5.11 Å². The summed E-state index contributed by atoms with van der Waals surface area (Å²) in [4.78, 5) is 12.6. The van der Waals surface area contributed by atoms with Gasteiger partial charge >= 0.3 is 12.1 Å². The summed E-state index contributed by atoms with van der Waals surface area (Å²) in [5.74, 6) is -3.22. The van der Waals surface area contributed by atoms with Gasteiger partial charge in [-0.3, -0.25) is 4.90 Å². The molecule has 1 aromatic rings. The van der Waals surface area contributed by atoms with E-state index < -0.39 is 23.9 Å². The molecule has 1 aliphatic rings. The highest BCUT2D eigenvalue weighted by molar-refractivity contribution is 5.89. The first-order valence-electron chi connectivity index (χ1n) is 6.58. The Balaban J connectivity index is 2.14. The van der Waals surface area contributed by atoms with Gasteiger partial charge in [0, 0.05) is 13.1 Å². The predicted octanol–water partition coefficient (Wildman–Crippen LogP) is 3.30. The van der Waals surface area contributed by atoms with Crippen LogP contribution in [0.5, 0.6) is 0 Å². The van der Waals surface area contributed by atoms with Crippen molar-refractivity contribution in [2.75, 3.05) is 13.1 Å². The third-order valence-electron chi connectivity index (χ3n) is 3.66. The average molecular weight is 305 g/mol. The van der Waals surface area contributed by atoms with Crippen LogP contribution in [0.2, 0.25) is 0 Å². The Morgan fingerprint density at radius 3 is 2.71 bits per heavy atom. The van der Waals surface area contributed by atoms with E-state index in [1.807, 2.05) is 0 Å². The Kier molecular flexibility index (Phi) is 4.51. The van der Waals surface area contributed by atoms with E-state index in [0.717, 1.165) is 18.2 Å². The van der Waals surface area contributed by atoms with Crippen LogP contribution in [-0.4, -0.2) is 35.2 Å². The summed E-state index contributed by atoms with van der Waals surface area (Å²) in [7, 11) is 0. The van der Waals surface area contributed by atoms with Gasteiger partial charge < -0.3 is 5.11 Å². The molecule has 0 aromatic heterocycles. The molecule has 7 heteroatoms. The number of hydrogen-bond donors (Lipinski definition) is 1. The van der Waals surface area contributed by atoms with Gasteiger partial charge in [-0.25, -0.2) is 9.18 Å². The second-order valence-electron chi connectivity index (χ2n) is 5.22. The number of benzene rings is 1. The fraction of sp³-hybridized carbons (Fsp3) is 0.500. The van der Waals surface area contributed by atoms with E-state index in [1.54, 1.807) is 0 Å². The molecule has 1 N–H and O–H groups in total. The average Bonchev–Trinajstić information content (AvgIpc) is 2.37. The van der Waals surface area contributed by atoms with Crippen LogP contribution in [0.3, 0.4) is 0 Å². The van der Waals surface area contributed by atoms with Crippen LogP contribution in [-0.2, 0) is 6.54 Å². The number of halogens is 4. The lowest BCUT2D eigenvalue weighted by molar-refractivity contribution is -0.187. The standard InChI is InChI=1S/C14H15F4NO2/c15-11-3-4-12(13(20)21)9(6-11)7-19-5-1-2-10(8-19)14(16,17)18/h3-4,6,10H,1-2,5,7-8H2,(H,20,21). The number of nitrogens with zero attached hydrogens (tertiary/aromatic N) is 1. The Labute approximate surface area is 119 Å². The summed E-state index contributed by atoms with van der Waals surface area (Å²) >= 11 is 0. The zero-order chi connectivity index (χ0) is 15.6. The van der Waals surface area contributed by atoms with Crippen molar-refractivity contribution < 1.29 is 27.5 Å². The smallest absolute Gasteiger partial charge is 0.393 e. The molecule has 0 radical (unpaired) electrons. The molecule has 0 bridgehead atoms. The molecular formula is C14H15F4NO2. The van der Waals surface area contributed by atoms with Crippen LogP contribution in [0.4, 0.5) is 17.6 Å². The van der Waals surface area contributed by atoms with E-state index in [0.29, 0.717) is 13.0 Å². The van der Waals surface area contributed by atoms with Gasteiger partial charge in [-0.2, -0.15) is 13.2 Å². The summed E-state index contributed by atoms with van der Waals surface area (Å²) < 4.78 is 51.5. The van der Waals surface area contributed by atoms with Gasteiger partial charge in [-0.1, -0.05) is 0 Å². The number of alkyl halides is 3. The van der Waals surface area contributed by atoms with Crippen LogP contribution in [0.15, 0.2) is 18.2 Å². The first-order valence-corrected chi connectivity index (χ1v) is 6.58. The normalized spacial score (nSPS) is 20.5. The van der Waals surface area contributed by atoms with E-state index in [2.05, 4.69) is 0 Å². The van der Waals surface area contributed by atoms with Crippen LogP contribution >= 0.6 is 0 Å². The quantitative estimate of drug-likeness (QED) is 0.871. The zero-order valence-corrected chi connectivity index (χ0v) is 11.2. The number of hydrogen-bond acceptors (Lipinski definition) is 2. The lowest BCUT2D eigenvalue weighted by atomic mass is 9.96. The lowest BCUT2D eigenvalue weighted by Gasteiger charge is -2.33. The number of aromatic carboxylic acids is 1. The highest BCUT2D eigenvalue weighted by Crippen LogP contribution is 2.33. The topological polar surface area (TPSA) is 40.5 Å². The first kappa shape index (κ1) is 15.8. The van der Waals surface area contributed by atoms with Crippen LogP contribution in [0.1, 0.15) is 28.8 Å². The monoisotopic (exact) mass is 305 g/mol. The molecule has 1 saturated heterocycles. The molecule has 116 valence electrons. The summed E-state index contributed by atoms with van der Waals surface area (Å²) in [5, 5.41) is 9.05. The first-order chi connectivity index (χ1) is 9.77. The van der Waals surface area contributed by atoms with Gasteiger partial charge in [0.25, 0.3) is 0 Å². The predicted molar refractivity (Wildman–Crippen MR) is 67.4 cm³/mol. The Morgan fingerprint density at radius 1 is 1.38 bits per heavy atom. The SMILES string of the molecule is O=C(O)c1ccc(F)cc1CN1CCCC(C(F)(F)F)C1. The molecule has 0 saturated carbocycles. The molecule has 1 aliphatic heterocycles. The fourth-order valence-corrected chi connectivity index (χ4v) is 2.61. The van der Waals surface area contributed by atoms with Crippen LogP contribution in [0, 0.1) is 11.7 Å². The molecular weight excluding hydrogens is 290 g/mol. The Hall–Kier alpha value is -1.63. The highest BCUT2D eigenvalue weighted by Gasteiger charge is 2.41. The van der Waals surface area contributed by atoms with Crippen molar-refractivity contribution in [3.63, 3.8) is 0 Å². The van der Waals surface area contributed by atoms with E-state index in [1.165, 1.54) is 4.90 Å². The third-order valence-corrected chi connectivity index (χ3v) is 3.66. The molecule has 1 unspecified atom stereocenters. The minimum absolute atomic E-state index is 0.00593. The third kappa shape index (κ3) is 3.93. The molecule has 2 rings (SSSR count). The van der Waals surface area contributed by atoms with E-state index in [-0.39, 0.29) is 30.6 Å². The zero-order valence-electron chi connectivity index (χ0n) is 11.2. The van der Waals surface area contributed by atoms with E-state index in [9.17, 15) is 22.4 Å². The number of carboxylic acids is 1. The van der Waals surface area contributed by atoms with Gasteiger partial charge in [0.15, 0.2) is 0 Å². The maximum Gasteiger partial charge on any atom is 0.393 e. The van der Waals surface area contributed by atoms with Gasteiger partial charge in [0.1, 0.15) is 5.82 Å². The number of rotatable bonds is 3. The second-order valence-corrected chi connectivity index (χ2v) is 5.22. The van der Waals surface area contributed by atoms with Crippen LogP contribution in [0.25, 0.3) is 0 Å². The largest absolute Gasteiger partial charge is 0.478 e. The number of likely N-dealkylation sites (tertiary alicyclic amines) is 1. The molecule has 21 heavy (non-hydrogen) atoms. The van der Waals surface area contributed by atoms with Crippen molar-refractivity contribution in [1.29, 1.82) is 0 Å². The number of carboxylic acid groups (broad SMARTS) is 1.